The fourth-order valence-corrected chi connectivity index (χ4v) is 3.66. The second kappa shape index (κ2) is 9.76. The predicted molar refractivity (Wildman–Crippen MR) is 132 cm³/mol. The Morgan fingerprint density at radius 3 is 2.45 bits per heavy atom. The summed E-state index contributed by atoms with van der Waals surface area (Å²) >= 11 is 0. The molecule has 0 spiro atoms. The number of H-pyrrole nitrogens is 1. The summed E-state index contributed by atoms with van der Waals surface area (Å²) in [6.45, 7) is 0.170. The third kappa shape index (κ3) is 5.21. The number of hydrogen-bond donors (Lipinski definition) is 4. The minimum Gasteiger partial charge on any atom is -0.384 e. The second-order valence-corrected chi connectivity index (χ2v) is 8.22. The van der Waals surface area contributed by atoms with Gasteiger partial charge in [-0.2, -0.15) is 22.7 Å². The van der Waals surface area contributed by atoms with Crippen molar-refractivity contribution < 1.29 is 22.4 Å². The maximum absolute atomic E-state index is 13.3. The van der Waals surface area contributed by atoms with Crippen LogP contribution in [0.5, 0.6) is 0 Å². The monoisotopic (exact) mass is 522 g/mol. The van der Waals surface area contributed by atoms with Crippen molar-refractivity contribution >= 4 is 34.3 Å². The van der Waals surface area contributed by atoms with E-state index in [2.05, 4.69) is 35.8 Å². The molecule has 0 aliphatic heterocycles. The minimum absolute atomic E-state index is 0.0558. The van der Waals surface area contributed by atoms with Gasteiger partial charge in [0.25, 0.3) is 5.91 Å². The Morgan fingerprint density at radius 2 is 1.74 bits per heavy atom. The minimum atomic E-state index is -4.70. The van der Waals surface area contributed by atoms with Crippen LogP contribution < -0.4 is 16.4 Å². The van der Waals surface area contributed by atoms with E-state index >= 15 is 0 Å². The number of nitrogens with zero attached hydrogens (tertiary/aromatic N) is 4. The molecule has 13 heteroatoms. The number of anilines is 3. The number of fused-ring (bicyclic) bond motifs is 1. The lowest BCUT2D eigenvalue weighted by molar-refractivity contribution is -0.137. The Bertz CT molecular complexity index is 1620. The van der Waals surface area contributed by atoms with Crippen LogP contribution in [-0.2, 0) is 12.7 Å². The summed E-state index contributed by atoms with van der Waals surface area (Å²) in [4.78, 5) is 24.3. The van der Waals surface area contributed by atoms with Gasteiger partial charge in [0.2, 0.25) is 5.95 Å². The van der Waals surface area contributed by atoms with Gasteiger partial charge >= 0.3 is 6.18 Å². The Balaban J connectivity index is 1.35. The van der Waals surface area contributed by atoms with Gasteiger partial charge < -0.3 is 16.4 Å². The van der Waals surface area contributed by atoms with Gasteiger partial charge in [-0.15, -0.1) is 0 Å². The van der Waals surface area contributed by atoms with Gasteiger partial charge in [0.15, 0.2) is 5.65 Å². The average Bonchev–Trinajstić information content (AvgIpc) is 3.28. The highest BCUT2D eigenvalue weighted by Crippen LogP contribution is 2.31. The second-order valence-electron chi connectivity index (χ2n) is 8.22. The number of benzene rings is 1. The standard InChI is InChI=1S/C25H18F4N8O/c26-20-6-5-17(12-31-20)35-24(38)19-8-16(25(27,28)29)11-34-22(19)32-9-13-1-3-14(4-2-13)15-7-18-21(30)36-37-23(18)33-10-15/h1-8,10-12H,9H2,(H,32,34)(H,35,38)(H3,30,33,36,37). The van der Waals surface area contributed by atoms with Crippen LogP contribution in [0.25, 0.3) is 22.2 Å². The number of carbonyl (C=O) groups is 1. The first kappa shape index (κ1) is 24.6. The molecular formula is C25H18F4N8O. The number of aromatic nitrogens is 5. The molecule has 38 heavy (non-hydrogen) atoms. The highest BCUT2D eigenvalue weighted by Gasteiger charge is 2.32. The summed E-state index contributed by atoms with van der Waals surface area (Å²) in [6.07, 6.45) is -1.33. The molecule has 9 nitrogen and oxygen atoms in total. The molecule has 0 saturated carbocycles. The highest BCUT2D eigenvalue weighted by molar-refractivity contribution is 6.07. The Labute approximate surface area is 212 Å². The highest BCUT2D eigenvalue weighted by atomic mass is 19.4. The predicted octanol–water partition coefficient (Wildman–Crippen LogP) is 5.02. The number of rotatable bonds is 6. The number of amides is 1. The van der Waals surface area contributed by atoms with Crippen molar-refractivity contribution in [3.8, 4) is 11.1 Å². The molecule has 5 aromatic rings. The summed E-state index contributed by atoms with van der Waals surface area (Å²) in [6, 6.07) is 12.2. The van der Waals surface area contributed by atoms with Gasteiger partial charge in [-0.3, -0.25) is 9.89 Å². The molecule has 4 aromatic heterocycles. The molecule has 1 amide bonds. The van der Waals surface area contributed by atoms with Gasteiger partial charge in [0, 0.05) is 24.5 Å². The van der Waals surface area contributed by atoms with E-state index in [1.807, 2.05) is 30.3 Å². The van der Waals surface area contributed by atoms with Crippen molar-refractivity contribution in [1.82, 2.24) is 25.1 Å². The Morgan fingerprint density at radius 1 is 0.947 bits per heavy atom. The zero-order chi connectivity index (χ0) is 26.9. The number of nitrogens with one attached hydrogen (secondary N) is 3. The van der Waals surface area contributed by atoms with Crippen molar-refractivity contribution in [2.75, 3.05) is 16.4 Å². The molecule has 0 unspecified atom stereocenters. The number of aromatic amines is 1. The molecule has 0 radical (unpaired) electrons. The summed E-state index contributed by atoms with van der Waals surface area (Å²) in [7, 11) is 0. The van der Waals surface area contributed by atoms with E-state index in [0.29, 0.717) is 29.1 Å². The van der Waals surface area contributed by atoms with Crippen LogP contribution in [0.4, 0.5) is 34.9 Å². The lowest BCUT2D eigenvalue weighted by Crippen LogP contribution is -2.18. The summed E-state index contributed by atoms with van der Waals surface area (Å²) in [5.74, 6) is -1.27. The van der Waals surface area contributed by atoms with E-state index in [0.717, 1.165) is 29.0 Å². The van der Waals surface area contributed by atoms with Crippen molar-refractivity contribution in [2.24, 2.45) is 0 Å². The van der Waals surface area contributed by atoms with Crippen molar-refractivity contribution in [3.05, 3.63) is 89.8 Å². The zero-order valence-electron chi connectivity index (χ0n) is 19.3. The number of halogens is 4. The number of carbonyl (C=O) groups excluding carboxylic acids is 1. The quantitative estimate of drug-likeness (QED) is 0.182. The zero-order valence-corrected chi connectivity index (χ0v) is 19.3. The number of hydrogen-bond acceptors (Lipinski definition) is 7. The molecule has 5 N–H and O–H groups in total. The van der Waals surface area contributed by atoms with E-state index in [1.165, 1.54) is 6.07 Å². The van der Waals surface area contributed by atoms with Gasteiger partial charge in [-0.05, 0) is 35.4 Å². The van der Waals surface area contributed by atoms with Crippen molar-refractivity contribution in [2.45, 2.75) is 12.7 Å². The maximum atomic E-state index is 13.3. The first-order valence-corrected chi connectivity index (χ1v) is 11.1. The lowest BCUT2D eigenvalue weighted by Gasteiger charge is -2.14. The van der Waals surface area contributed by atoms with Crippen molar-refractivity contribution in [3.63, 3.8) is 0 Å². The molecule has 0 atom stereocenters. The molecule has 0 saturated heterocycles. The molecule has 0 bridgehead atoms. The van der Waals surface area contributed by atoms with Crippen LogP contribution in [0.3, 0.4) is 0 Å². The molecular weight excluding hydrogens is 504 g/mol. The largest absolute Gasteiger partial charge is 0.417 e. The normalized spacial score (nSPS) is 11.5. The summed E-state index contributed by atoms with van der Waals surface area (Å²) in [5, 5.41) is 12.7. The summed E-state index contributed by atoms with van der Waals surface area (Å²) < 4.78 is 52.9. The fraction of sp³-hybridized carbons (Fsp3) is 0.0800. The van der Waals surface area contributed by atoms with Gasteiger partial charge in [-0.25, -0.2) is 15.0 Å². The van der Waals surface area contributed by atoms with Crippen LogP contribution in [0.2, 0.25) is 0 Å². The van der Waals surface area contributed by atoms with Crippen LogP contribution in [0.15, 0.2) is 67.1 Å². The fourth-order valence-electron chi connectivity index (χ4n) is 3.66. The molecule has 5 rings (SSSR count). The molecule has 0 aliphatic rings. The van der Waals surface area contributed by atoms with Gasteiger partial charge in [0.1, 0.15) is 11.6 Å². The average molecular weight is 522 g/mol. The van der Waals surface area contributed by atoms with Crippen LogP contribution >= 0.6 is 0 Å². The van der Waals surface area contributed by atoms with E-state index in [4.69, 9.17) is 5.73 Å². The molecule has 0 fully saturated rings. The molecule has 4 heterocycles. The van der Waals surface area contributed by atoms with E-state index in [9.17, 15) is 22.4 Å². The third-order valence-corrected chi connectivity index (χ3v) is 5.63. The third-order valence-electron chi connectivity index (χ3n) is 5.63. The molecule has 1 aromatic carbocycles. The van der Waals surface area contributed by atoms with Crippen LogP contribution in [0, 0.1) is 5.95 Å². The Kier molecular flexibility index (Phi) is 6.33. The van der Waals surface area contributed by atoms with Crippen LogP contribution in [-0.4, -0.2) is 31.1 Å². The molecule has 0 aliphatic carbocycles. The number of pyridine rings is 3. The molecule has 192 valence electrons. The van der Waals surface area contributed by atoms with E-state index in [1.54, 1.807) is 6.20 Å². The van der Waals surface area contributed by atoms with Crippen LogP contribution in [0.1, 0.15) is 21.5 Å². The van der Waals surface area contributed by atoms with E-state index < -0.39 is 23.6 Å². The number of alkyl halides is 3. The number of nitrogens with two attached hydrogens (primary N) is 1. The first-order chi connectivity index (χ1) is 18.2. The summed E-state index contributed by atoms with van der Waals surface area (Å²) in [5.41, 5.74) is 7.54. The van der Waals surface area contributed by atoms with Gasteiger partial charge in [-0.1, -0.05) is 24.3 Å². The first-order valence-electron chi connectivity index (χ1n) is 11.1. The smallest absolute Gasteiger partial charge is 0.384 e. The number of nitrogen functional groups attached to an aromatic ring is 1. The van der Waals surface area contributed by atoms with Gasteiger partial charge in [0.05, 0.1) is 28.4 Å². The SMILES string of the molecule is Nc1[nH]nc2ncc(-c3ccc(CNc4ncc(C(F)(F)F)cc4C(=O)Nc4ccc(F)nc4)cc3)cc12. The Hall–Kier alpha value is -5.07. The lowest BCUT2D eigenvalue weighted by atomic mass is 10.0. The topological polar surface area (TPSA) is 134 Å². The van der Waals surface area contributed by atoms with E-state index in [-0.39, 0.29) is 23.6 Å². The van der Waals surface area contributed by atoms with Crippen molar-refractivity contribution in [1.29, 1.82) is 0 Å². The maximum Gasteiger partial charge on any atom is 0.417 e.